The molecular weight excluding hydrogens is 280 g/mol. The lowest BCUT2D eigenvalue weighted by atomic mass is 10.1. The maximum Gasteiger partial charge on any atom is 0.322 e. The Morgan fingerprint density at radius 2 is 2.15 bits per heavy atom. The van der Waals surface area contributed by atoms with Crippen molar-refractivity contribution >= 4 is 16.0 Å². The number of carbonyl (C=O) groups excluding carboxylic acids is 1. The van der Waals surface area contributed by atoms with Gasteiger partial charge in [-0.1, -0.05) is 12.1 Å². The van der Waals surface area contributed by atoms with E-state index in [9.17, 15) is 13.2 Å². The molecule has 6 nitrogen and oxygen atoms in total. The molecule has 108 valence electrons. The number of rotatable bonds is 6. The Kier molecular flexibility index (Phi) is 5.67. The highest BCUT2D eigenvalue weighted by Gasteiger charge is 2.23. The quantitative estimate of drug-likeness (QED) is 0.727. The molecule has 0 fully saturated rings. The van der Waals surface area contributed by atoms with Gasteiger partial charge in [-0.15, -0.1) is 0 Å². The molecule has 0 aliphatic carbocycles. The van der Waals surface area contributed by atoms with Crippen LogP contribution in [-0.4, -0.2) is 38.1 Å². The molecule has 7 heteroatoms. The van der Waals surface area contributed by atoms with Crippen LogP contribution in [0, 0.1) is 11.3 Å². The number of sulfonamides is 1. The fourth-order valence-corrected chi connectivity index (χ4v) is 2.50. The van der Waals surface area contributed by atoms with Gasteiger partial charge in [0.05, 0.1) is 18.2 Å². The Hall–Kier alpha value is -1.91. The first-order chi connectivity index (χ1) is 9.39. The molecule has 0 spiro atoms. The first-order valence-corrected chi connectivity index (χ1v) is 7.58. The van der Waals surface area contributed by atoms with Crippen molar-refractivity contribution < 1.29 is 17.9 Å². The van der Waals surface area contributed by atoms with Crippen LogP contribution in [0.4, 0.5) is 0 Å². The van der Waals surface area contributed by atoms with Crippen molar-refractivity contribution in [2.75, 3.05) is 19.4 Å². The molecule has 0 saturated heterocycles. The highest BCUT2D eigenvalue weighted by Crippen LogP contribution is 2.10. The van der Waals surface area contributed by atoms with Crippen molar-refractivity contribution in [2.45, 2.75) is 13.5 Å². The molecule has 0 bridgehead atoms. The van der Waals surface area contributed by atoms with Crippen LogP contribution in [0.1, 0.15) is 18.1 Å². The molecule has 1 aromatic rings. The summed E-state index contributed by atoms with van der Waals surface area (Å²) in [5.41, 5.74) is 1.14. The zero-order chi connectivity index (χ0) is 15.2. The minimum absolute atomic E-state index is 0.0945. The lowest BCUT2D eigenvalue weighted by Gasteiger charge is -2.16. The van der Waals surface area contributed by atoms with E-state index in [1.165, 1.54) is 7.05 Å². The Morgan fingerprint density at radius 3 is 2.75 bits per heavy atom. The fourth-order valence-electron chi connectivity index (χ4n) is 1.56. The van der Waals surface area contributed by atoms with Crippen LogP contribution in [-0.2, 0) is 26.1 Å². The molecule has 0 N–H and O–H groups in total. The van der Waals surface area contributed by atoms with Crippen molar-refractivity contribution in [1.29, 1.82) is 5.26 Å². The number of esters is 1. The van der Waals surface area contributed by atoms with Gasteiger partial charge in [0.1, 0.15) is 0 Å². The predicted octanol–water partition coefficient (Wildman–Crippen LogP) is 0.883. The third-order valence-electron chi connectivity index (χ3n) is 2.54. The zero-order valence-electron chi connectivity index (χ0n) is 11.4. The summed E-state index contributed by atoms with van der Waals surface area (Å²) in [6, 6.07) is 8.63. The lowest BCUT2D eigenvalue weighted by molar-refractivity contribution is -0.140. The van der Waals surface area contributed by atoms with E-state index >= 15 is 0 Å². The average molecular weight is 296 g/mol. The van der Waals surface area contributed by atoms with Gasteiger partial charge in [-0.3, -0.25) is 4.79 Å². The largest absolute Gasteiger partial charge is 0.465 e. The maximum absolute atomic E-state index is 11.9. The molecule has 0 aliphatic heterocycles. The molecule has 0 atom stereocenters. The number of hydrogen-bond acceptors (Lipinski definition) is 5. The Labute approximate surface area is 118 Å². The van der Waals surface area contributed by atoms with Crippen molar-refractivity contribution in [2.24, 2.45) is 0 Å². The Balaban J connectivity index is 2.76. The molecule has 0 unspecified atom stereocenters. The summed E-state index contributed by atoms with van der Waals surface area (Å²) < 4.78 is 29.6. The number of nitriles is 1. The monoisotopic (exact) mass is 296 g/mol. The van der Waals surface area contributed by atoms with Crippen molar-refractivity contribution in [1.82, 2.24) is 4.31 Å². The summed E-state index contributed by atoms with van der Waals surface area (Å²) in [6.07, 6.45) is 0. The van der Waals surface area contributed by atoms with Gasteiger partial charge in [0.25, 0.3) is 0 Å². The molecule has 1 aromatic carbocycles. The van der Waals surface area contributed by atoms with Gasteiger partial charge in [0, 0.05) is 13.6 Å². The molecule has 0 aliphatic rings. The van der Waals surface area contributed by atoms with Crippen LogP contribution >= 0.6 is 0 Å². The molecular formula is C13H16N2O4S. The first-order valence-electron chi connectivity index (χ1n) is 5.97. The minimum atomic E-state index is -3.72. The van der Waals surface area contributed by atoms with Gasteiger partial charge in [-0.2, -0.15) is 5.26 Å². The van der Waals surface area contributed by atoms with E-state index in [1.54, 1.807) is 31.2 Å². The average Bonchev–Trinajstić information content (AvgIpc) is 2.38. The van der Waals surface area contributed by atoms with Crippen LogP contribution in [0.3, 0.4) is 0 Å². The second kappa shape index (κ2) is 7.03. The van der Waals surface area contributed by atoms with Crippen LogP contribution < -0.4 is 0 Å². The zero-order valence-corrected chi connectivity index (χ0v) is 12.2. The van der Waals surface area contributed by atoms with Gasteiger partial charge < -0.3 is 4.74 Å². The lowest BCUT2D eigenvalue weighted by Crippen LogP contribution is -2.32. The molecule has 0 saturated carbocycles. The summed E-state index contributed by atoms with van der Waals surface area (Å²) >= 11 is 0. The number of benzene rings is 1. The van der Waals surface area contributed by atoms with Crippen LogP contribution in [0.25, 0.3) is 0 Å². The molecule has 20 heavy (non-hydrogen) atoms. The van der Waals surface area contributed by atoms with Gasteiger partial charge in [-0.25, -0.2) is 12.7 Å². The number of carbonyl (C=O) groups is 1. The van der Waals surface area contributed by atoms with E-state index in [0.29, 0.717) is 11.1 Å². The minimum Gasteiger partial charge on any atom is -0.465 e. The van der Waals surface area contributed by atoms with E-state index in [2.05, 4.69) is 4.74 Å². The smallest absolute Gasteiger partial charge is 0.322 e. The van der Waals surface area contributed by atoms with E-state index in [-0.39, 0.29) is 13.2 Å². The SMILES string of the molecule is CCOC(=O)CS(=O)(=O)N(C)Cc1cccc(C#N)c1. The topological polar surface area (TPSA) is 87.5 Å². The third kappa shape index (κ3) is 4.64. The second-order valence-corrected chi connectivity index (χ2v) is 6.21. The number of ether oxygens (including phenoxy) is 1. The van der Waals surface area contributed by atoms with Crippen molar-refractivity contribution in [3.63, 3.8) is 0 Å². The van der Waals surface area contributed by atoms with Crippen LogP contribution in [0.15, 0.2) is 24.3 Å². The summed E-state index contributed by atoms with van der Waals surface area (Å²) in [5.74, 6) is -1.46. The van der Waals surface area contributed by atoms with E-state index in [0.717, 1.165) is 4.31 Å². The first kappa shape index (κ1) is 16.1. The highest BCUT2D eigenvalue weighted by atomic mass is 32.2. The van der Waals surface area contributed by atoms with Crippen LogP contribution in [0.2, 0.25) is 0 Å². The standard InChI is InChI=1S/C13H16N2O4S/c1-3-19-13(16)10-20(17,18)15(2)9-12-6-4-5-11(7-12)8-14/h4-7H,3,9-10H2,1-2H3. The van der Waals surface area contributed by atoms with Crippen molar-refractivity contribution in [3.8, 4) is 6.07 Å². The maximum atomic E-state index is 11.9. The fraction of sp³-hybridized carbons (Fsp3) is 0.385. The highest BCUT2D eigenvalue weighted by molar-refractivity contribution is 7.89. The van der Waals surface area contributed by atoms with E-state index in [4.69, 9.17) is 5.26 Å². The number of nitrogens with zero attached hydrogens (tertiary/aromatic N) is 2. The van der Waals surface area contributed by atoms with Gasteiger partial charge in [-0.05, 0) is 24.6 Å². The summed E-state index contributed by atoms with van der Waals surface area (Å²) in [6.45, 7) is 1.85. The summed E-state index contributed by atoms with van der Waals surface area (Å²) in [5, 5.41) is 8.79. The summed E-state index contributed by atoms with van der Waals surface area (Å²) in [4.78, 5) is 11.2. The molecule has 0 amide bonds. The third-order valence-corrected chi connectivity index (χ3v) is 4.22. The van der Waals surface area contributed by atoms with Crippen LogP contribution in [0.5, 0.6) is 0 Å². The van der Waals surface area contributed by atoms with E-state index in [1.807, 2.05) is 6.07 Å². The Bertz CT molecular complexity index is 620. The number of hydrogen-bond donors (Lipinski definition) is 0. The second-order valence-electron chi connectivity index (χ2n) is 4.13. The van der Waals surface area contributed by atoms with Crippen molar-refractivity contribution in [3.05, 3.63) is 35.4 Å². The van der Waals surface area contributed by atoms with Gasteiger partial charge in [0.15, 0.2) is 5.75 Å². The predicted molar refractivity (Wildman–Crippen MR) is 73.0 cm³/mol. The molecule has 1 rings (SSSR count). The summed E-state index contributed by atoms with van der Waals surface area (Å²) in [7, 11) is -2.34. The van der Waals surface area contributed by atoms with E-state index < -0.39 is 21.7 Å². The molecule has 0 heterocycles. The van der Waals surface area contributed by atoms with Gasteiger partial charge >= 0.3 is 5.97 Å². The molecule has 0 aromatic heterocycles. The Morgan fingerprint density at radius 1 is 1.45 bits per heavy atom. The normalized spacial score (nSPS) is 11.1. The van der Waals surface area contributed by atoms with Gasteiger partial charge in [0.2, 0.25) is 10.0 Å². The molecule has 0 radical (unpaired) electrons.